The van der Waals surface area contributed by atoms with E-state index >= 15 is 0 Å². The predicted octanol–water partition coefficient (Wildman–Crippen LogP) is 4.75. The highest BCUT2D eigenvalue weighted by Crippen LogP contribution is 2.32. The van der Waals surface area contributed by atoms with Gasteiger partial charge in [-0.2, -0.15) is 0 Å². The lowest BCUT2D eigenvalue weighted by atomic mass is 9.90. The van der Waals surface area contributed by atoms with Crippen LogP contribution >= 0.6 is 12.2 Å². The highest BCUT2D eigenvalue weighted by molar-refractivity contribution is 7.71. The van der Waals surface area contributed by atoms with E-state index in [4.69, 9.17) is 12.2 Å². The van der Waals surface area contributed by atoms with Gasteiger partial charge in [-0.05, 0) is 74.7 Å². The van der Waals surface area contributed by atoms with Crippen LogP contribution in [-0.4, -0.2) is 4.98 Å². The van der Waals surface area contributed by atoms with Crippen molar-refractivity contribution < 1.29 is 0 Å². The Labute approximate surface area is 108 Å². The van der Waals surface area contributed by atoms with Gasteiger partial charge in [0.15, 0.2) is 0 Å². The molecule has 2 aromatic rings. The smallest absolute Gasteiger partial charge is 0.111 e. The van der Waals surface area contributed by atoms with Gasteiger partial charge in [0.1, 0.15) is 4.64 Å². The molecule has 0 aliphatic carbocycles. The van der Waals surface area contributed by atoms with E-state index in [0.29, 0.717) is 0 Å². The first-order chi connectivity index (χ1) is 7.86. The van der Waals surface area contributed by atoms with Crippen molar-refractivity contribution in [3.63, 3.8) is 0 Å². The van der Waals surface area contributed by atoms with Crippen molar-refractivity contribution >= 4 is 23.0 Å². The molecule has 0 aliphatic rings. The number of fused-ring (bicyclic) bond motifs is 1. The normalized spacial score (nSPS) is 11.2. The molecule has 0 saturated carbocycles. The Morgan fingerprint density at radius 3 is 1.65 bits per heavy atom. The van der Waals surface area contributed by atoms with E-state index in [1.807, 2.05) is 0 Å². The number of pyridine rings is 1. The zero-order chi connectivity index (χ0) is 12.9. The summed E-state index contributed by atoms with van der Waals surface area (Å²) in [6.45, 7) is 13.0. The average molecular weight is 245 g/mol. The van der Waals surface area contributed by atoms with Crippen molar-refractivity contribution in [2.75, 3.05) is 0 Å². The average Bonchev–Trinajstić information content (AvgIpc) is 2.28. The summed E-state index contributed by atoms with van der Waals surface area (Å²) < 4.78 is 0.867. The number of nitrogens with one attached hydrogen (secondary N) is 1. The predicted molar refractivity (Wildman–Crippen MR) is 77.6 cm³/mol. The Hall–Kier alpha value is -1.15. The number of benzene rings is 1. The largest absolute Gasteiger partial charge is 0.350 e. The highest BCUT2D eigenvalue weighted by Gasteiger charge is 2.13. The van der Waals surface area contributed by atoms with Crippen LogP contribution in [0, 0.1) is 46.2 Å². The molecule has 0 saturated heterocycles. The van der Waals surface area contributed by atoms with Crippen LogP contribution in [0.1, 0.15) is 33.5 Å². The fourth-order valence-corrected chi connectivity index (χ4v) is 2.99. The van der Waals surface area contributed by atoms with Gasteiger partial charge in [0.25, 0.3) is 0 Å². The van der Waals surface area contributed by atoms with Crippen LogP contribution in [0.25, 0.3) is 10.8 Å². The van der Waals surface area contributed by atoms with Crippen molar-refractivity contribution in [3.05, 3.63) is 38.2 Å². The lowest BCUT2D eigenvalue weighted by molar-refractivity contribution is 1.14. The minimum Gasteiger partial charge on any atom is -0.350 e. The summed E-state index contributed by atoms with van der Waals surface area (Å²) >= 11 is 5.50. The molecule has 17 heavy (non-hydrogen) atoms. The number of hydrogen-bond acceptors (Lipinski definition) is 1. The van der Waals surface area contributed by atoms with Crippen LogP contribution in [0.3, 0.4) is 0 Å². The van der Waals surface area contributed by atoms with Gasteiger partial charge in [0.05, 0.1) is 0 Å². The molecule has 2 rings (SSSR count). The topological polar surface area (TPSA) is 15.8 Å². The SMILES string of the molecule is Cc1[nH]c(=S)c2c(C)c(C)c(C)c(C)c2c1C. The Kier molecular flexibility index (Phi) is 2.86. The van der Waals surface area contributed by atoms with Crippen LogP contribution in [0.4, 0.5) is 0 Å². The summed E-state index contributed by atoms with van der Waals surface area (Å²) in [6, 6.07) is 0. The van der Waals surface area contributed by atoms with Gasteiger partial charge < -0.3 is 4.98 Å². The number of hydrogen-bond donors (Lipinski definition) is 1. The Bertz CT molecular complexity index is 678. The van der Waals surface area contributed by atoms with Crippen LogP contribution < -0.4 is 0 Å². The molecule has 1 heterocycles. The molecule has 0 radical (unpaired) electrons. The number of aromatic nitrogens is 1. The third-order valence-corrected chi connectivity index (χ3v) is 4.46. The van der Waals surface area contributed by atoms with Crippen molar-refractivity contribution in [2.24, 2.45) is 0 Å². The third-order valence-electron chi connectivity index (χ3n) is 4.15. The van der Waals surface area contributed by atoms with E-state index in [-0.39, 0.29) is 0 Å². The van der Waals surface area contributed by atoms with Crippen molar-refractivity contribution in [3.8, 4) is 0 Å². The van der Waals surface area contributed by atoms with E-state index in [1.165, 1.54) is 44.3 Å². The lowest BCUT2D eigenvalue weighted by Gasteiger charge is -2.17. The zero-order valence-corrected chi connectivity index (χ0v) is 12.2. The maximum absolute atomic E-state index is 5.50. The minimum absolute atomic E-state index is 0.867. The Morgan fingerprint density at radius 2 is 1.12 bits per heavy atom. The molecule has 0 unspecified atom stereocenters. The summed E-state index contributed by atoms with van der Waals surface area (Å²) in [5, 5.41) is 2.57. The molecule has 1 N–H and O–H groups in total. The second kappa shape index (κ2) is 3.95. The quantitative estimate of drug-likeness (QED) is 0.662. The third kappa shape index (κ3) is 1.62. The molecule has 1 aromatic carbocycles. The molecular formula is C15H19NS. The minimum atomic E-state index is 0.867. The van der Waals surface area contributed by atoms with Crippen LogP contribution in [-0.2, 0) is 0 Å². The van der Waals surface area contributed by atoms with Crippen LogP contribution in [0.5, 0.6) is 0 Å². The van der Waals surface area contributed by atoms with E-state index in [1.54, 1.807) is 0 Å². The van der Waals surface area contributed by atoms with E-state index in [0.717, 1.165) is 4.64 Å². The summed E-state index contributed by atoms with van der Waals surface area (Å²) in [6.07, 6.45) is 0. The standard InChI is InChI=1S/C15H19NS/c1-7-8(2)10(4)14-13(9(7)3)11(5)12(6)16-15(14)17/h1-6H3,(H,16,17). The summed E-state index contributed by atoms with van der Waals surface area (Å²) in [5.74, 6) is 0. The van der Waals surface area contributed by atoms with Crippen LogP contribution in [0.2, 0.25) is 0 Å². The first-order valence-corrected chi connectivity index (χ1v) is 6.36. The molecule has 0 spiro atoms. The van der Waals surface area contributed by atoms with E-state index < -0.39 is 0 Å². The second-order valence-electron chi connectivity index (χ2n) is 4.95. The van der Waals surface area contributed by atoms with Crippen LogP contribution in [0.15, 0.2) is 0 Å². The Morgan fingerprint density at radius 1 is 0.647 bits per heavy atom. The number of H-pyrrole nitrogens is 1. The van der Waals surface area contributed by atoms with Gasteiger partial charge in [0.2, 0.25) is 0 Å². The van der Waals surface area contributed by atoms with Gasteiger partial charge >= 0.3 is 0 Å². The van der Waals surface area contributed by atoms with Gasteiger partial charge in [0, 0.05) is 11.1 Å². The maximum atomic E-state index is 5.50. The Balaban J connectivity index is 3.23. The first-order valence-electron chi connectivity index (χ1n) is 5.95. The lowest BCUT2D eigenvalue weighted by Crippen LogP contribution is -1.99. The fourth-order valence-electron chi connectivity index (χ4n) is 2.58. The monoisotopic (exact) mass is 245 g/mol. The van der Waals surface area contributed by atoms with Crippen molar-refractivity contribution in [1.82, 2.24) is 4.98 Å². The van der Waals surface area contributed by atoms with Gasteiger partial charge in [-0.3, -0.25) is 0 Å². The molecule has 0 bridgehead atoms. The first kappa shape index (κ1) is 12.3. The van der Waals surface area contributed by atoms with E-state index in [9.17, 15) is 0 Å². The second-order valence-corrected chi connectivity index (χ2v) is 5.36. The maximum Gasteiger partial charge on any atom is 0.111 e. The molecule has 1 aromatic heterocycles. The van der Waals surface area contributed by atoms with Crippen molar-refractivity contribution in [1.29, 1.82) is 0 Å². The summed E-state index contributed by atoms with van der Waals surface area (Å²) in [4.78, 5) is 3.31. The number of aryl methyl sites for hydroxylation is 4. The summed E-state index contributed by atoms with van der Waals surface area (Å²) in [5.41, 5.74) is 7.91. The molecule has 1 nitrogen and oxygen atoms in total. The highest BCUT2D eigenvalue weighted by atomic mass is 32.1. The number of rotatable bonds is 0. The molecule has 90 valence electrons. The molecule has 0 fully saturated rings. The summed E-state index contributed by atoms with van der Waals surface area (Å²) in [7, 11) is 0. The van der Waals surface area contributed by atoms with E-state index in [2.05, 4.69) is 46.5 Å². The number of aromatic amines is 1. The fraction of sp³-hybridized carbons (Fsp3) is 0.400. The molecule has 0 aliphatic heterocycles. The molecule has 2 heteroatoms. The van der Waals surface area contributed by atoms with Crippen molar-refractivity contribution in [2.45, 2.75) is 41.5 Å². The van der Waals surface area contributed by atoms with Gasteiger partial charge in [-0.1, -0.05) is 12.2 Å². The molecule has 0 amide bonds. The zero-order valence-electron chi connectivity index (χ0n) is 11.4. The molecular weight excluding hydrogens is 226 g/mol. The molecule has 0 atom stereocenters. The van der Waals surface area contributed by atoms with Gasteiger partial charge in [-0.15, -0.1) is 0 Å². The van der Waals surface area contributed by atoms with Gasteiger partial charge in [-0.25, -0.2) is 0 Å².